The molecule has 0 radical (unpaired) electrons. The topological polar surface area (TPSA) is 89.5 Å². The van der Waals surface area contributed by atoms with Crippen LogP contribution in [0.5, 0.6) is 34.5 Å². The van der Waals surface area contributed by atoms with Crippen molar-refractivity contribution >= 4 is 11.6 Å². The van der Waals surface area contributed by atoms with E-state index in [1.807, 2.05) is 0 Å². The first-order chi connectivity index (χ1) is 16.4. The van der Waals surface area contributed by atoms with Gasteiger partial charge in [0.05, 0.1) is 42.7 Å². The molecule has 0 aromatic heterocycles. The molecule has 178 valence electrons. The van der Waals surface area contributed by atoms with Gasteiger partial charge >= 0.3 is 0 Å². The van der Waals surface area contributed by atoms with Crippen LogP contribution in [-0.2, 0) is 0 Å². The Morgan fingerprint density at radius 3 is 1.03 bits per heavy atom. The standard InChI is InChI=1S/C26H26O8/c1-29-19-9-7-15(11-21(19)31-3)25(27)17-13-23(33-5)24(34-6)14-18(17)26(28)16-8-10-20(30-2)22(12-16)32-4/h7-14H,1-6H3. The van der Waals surface area contributed by atoms with Crippen LogP contribution in [0, 0.1) is 0 Å². The van der Waals surface area contributed by atoms with Crippen LogP contribution in [0.3, 0.4) is 0 Å². The van der Waals surface area contributed by atoms with Crippen LogP contribution in [0.25, 0.3) is 0 Å². The third-order valence-corrected chi connectivity index (χ3v) is 5.30. The maximum atomic E-state index is 13.6. The van der Waals surface area contributed by atoms with Crippen molar-refractivity contribution in [2.45, 2.75) is 0 Å². The summed E-state index contributed by atoms with van der Waals surface area (Å²) in [6.45, 7) is 0. The van der Waals surface area contributed by atoms with Gasteiger partial charge in [0, 0.05) is 22.3 Å². The number of ether oxygens (including phenoxy) is 6. The minimum absolute atomic E-state index is 0.143. The molecular weight excluding hydrogens is 440 g/mol. The minimum atomic E-state index is -0.397. The van der Waals surface area contributed by atoms with E-state index in [2.05, 4.69) is 0 Å². The van der Waals surface area contributed by atoms with Crippen LogP contribution in [0.4, 0.5) is 0 Å². The van der Waals surface area contributed by atoms with Crippen LogP contribution in [0.15, 0.2) is 48.5 Å². The zero-order chi connectivity index (χ0) is 24.8. The molecule has 0 unspecified atom stereocenters. The summed E-state index contributed by atoms with van der Waals surface area (Å²) in [6, 6.07) is 12.6. The molecule has 34 heavy (non-hydrogen) atoms. The number of ketones is 2. The van der Waals surface area contributed by atoms with E-state index in [4.69, 9.17) is 28.4 Å². The van der Waals surface area contributed by atoms with Gasteiger partial charge < -0.3 is 28.4 Å². The predicted octanol–water partition coefficient (Wildman–Crippen LogP) is 4.20. The number of carbonyl (C=O) groups excluding carboxylic acids is 2. The van der Waals surface area contributed by atoms with E-state index in [-0.39, 0.29) is 11.1 Å². The van der Waals surface area contributed by atoms with Crippen LogP contribution in [0.2, 0.25) is 0 Å². The molecule has 0 amide bonds. The maximum absolute atomic E-state index is 13.6. The third-order valence-electron chi connectivity index (χ3n) is 5.30. The monoisotopic (exact) mass is 466 g/mol. The fraction of sp³-hybridized carbons (Fsp3) is 0.231. The quantitative estimate of drug-likeness (QED) is 0.411. The third kappa shape index (κ3) is 4.61. The van der Waals surface area contributed by atoms with Crippen LogP contribution in [-0.4, -0.2) is 54.2 Å². The first-order valence-electron chi connectivity index (χ1n) is 10.2. The van der Waals surface area contributed by atoms with Crippen molar-refractivity contribution in [2.75, 3.05) is 42.7 Å². The molecule has 0 saturated heterocycles. The summed E-state index contributed by atoms with van der Waals surface area (Å²) in [5.74, 6) is 1.58. The summed E-state index contributed by atoms with van der Waals surface area (Å²) in [5, 5.41) is 0. The number of hydrogen-bond donors (Lipinski definition) is 0. The normalized spacial score (nSPS) is 10.3. The van der Waals surface area contributed by atoms with E-state index in [0.717, 1.165) is 0 Å². The van der Waals surface area contributed by atoms with Gasteiger partial charge in [0.2, 0.25) is 0 Å². The first-order valence-corrected chi connectivity index (χ1v) is 10.2. The Hall–Kier alpha value is -4.20. The lowest BCUT2D eigenvalue weighted by molar-refractivity contribution is 0.100. The highest BCUT2D eigenvalue weighted by atomic mass is 16.5. The van der Waals surface area contributed by atoms with Crippen molar-refractivity contribution in [2.24, 2.45) is 0 Å². The average molecular weight is 466 g/mol. The SMILES string of the molecule is COc1ccc(C(=O)c2cc(OC)c(OC)cc2C(=O)c2ccc(OC)c(OC)c2)cc1OC. The Morgan fingerprint density at radius 2 is 0.735 bits per heavy atom. The summed E-state index contributed by atoms with van der Waals surface area (Å²) in [4.78, 5) is 27.1. The lowest BCUT2D eigenvalue weighted by Gasteiger charge is -2.15. The smallest absolute Gasteiger partial charge is 0.194 e. The van der Waals surface area contributed by atoms with Gasteiger partial charge in [-0.25, -0.2) is 0 Å². The molecule has 3 rings (SSSR count). The van der Waals surface area contributed by atoms with E-state index in [0.29, 0.717) is 45.6 Å². The minimum Gasteiger partial charge on any atom is -0.493 e. The lowest BCUT2D eigenvalue weighted by atomic mass is 9.92. The van der Waals surface area contributed by atoms with Gasteiger partial charge in [-0.15, -0.1) is 0 Å². The highest BCUT2D eigenvalue weighted by Crippen LogP contribution is 2.35. The number of rotatable bonds is 10. The van der Waals surface area contributed by atoms with Crippen molar-refractivity contribution in [3.05, 3.63) is 70.8 Å². The molecule has 0 fully saturated rings. The molecule has 0 aliphatic carbocycles. The second-order valence-electron chi connectivity index (χ2n) is 7.05. The number of carbonyl (C=O) groups is 2. The van der Waals surface area contributed by atoms with Crippen molar-refractivity contribution < 1.29 is 38.0 Å². The first kappa shape index (κ1) is 24.4. The van der Waals surface area contributed by atoms with Crippen molar-refractivity contribution in [1.82, 2.24) is 0 Å². The van der Waals surface area contributed by atoms with Gasteiger partial charge in [-0.1, -0.05) is 0 Å². The Morgan fingerprint density at radius 1 is 0.441 bits per heavy atom. The maximum Gasteiger partial charge on any atom is 0.194 e. The Kier molecular flexibility index (Phi) is 7.63. The van der Waals surface area contributed by atoms with E-state index >= 15 is 0 Å². The van der Waals surface area contributed by atoms with Crippen LogP contribution >= 0.6 is 0 Å². The van der Waals surface area contributed by atoms with E-state index < -0.39 is 11.6 Å². The van der Waals surface area contributed by atoms with Gasteiger partial charge in [0.25, 0.3) is 0 Å². The summed E-state index contributed by atoms with van der Waals surface area (Å²) in [6.07, 6.45) is 0. The van der Waals surface area contributed by atoms with Crippen LogP contribution < -0.4 is 28.4 Å². The zero-order valence-electron chi connectivity index (χ0n) is 19.9. The predicted molar refractivity (Wildman–Crippen MR) is 126 cm³/mol. The molecule has 0 N–H and O–H groups in total. The van der Waals surface area contributed by atoms with Crippen LogP contribution in [0.1, 0.15) is 31.8 Å². The highest BCUT2D eigenvalue weighted by Gasteiger charge is 2.25. The molecule has 8 nitrogen and oxygen atoms in total. The molecule has 0 aliphatic rings. The Labute approximate surface area is 197 Å². The molecule has 3 aromatic rings. The molecule has 0 bridgehead atoms. The summed E-state index contributed by atoms with van der Waals surface area (Å²) < 4.78 is 31.9. The Bertz CT molecular complexity index is 1120. The van der Waals surface area contributed by atoms with Crippen molar-refractivity contribution in [3.8, 4) is 34.5 Å². The largest absolute Gasteiger partial charge is 0.493 e. The summed E-state index contributed by atoms with van der Waals surface area (Å²) in [7, 11) is 8.89. The molecule has 3 aromatic carbocycles. The zero-order valence-corrected chi connectivity index (χ0v) is 19.9. The summed E-state index contributed by atoms with van der Waals surface area (Å²) in [5.41, 5.74) is 0.909. The highest BCUT2D eigenvalue weighted by molar-refractivity contribution is 6.20. The van der Waals surface area contributed by atoms with Gasteiger partial charge in [-0.2, -0.15) is 0 Å². The van der Waals surface area contributed by atoms with Gasteiger partial charge in [0.1, 0.15) is 0 Å². The van der Waals surface area contributed by atoms with E-state index in [1.165, 1.54) is 54.8 Å². The molecule has 0 saturated carbocycles. The fourth-order valence-electron chi connectivity index (χ4n) is 3.52. The van der Waals surface area contributed by atoms with Crippen molar-refractivity contribution in [3.63, 3.8) is 0 Å². The number of benzene rings is 3. The number of methoxy groups -OCH3 is 6. The molecule has 0 atom stereocenters. The van der Waals surface area contributed by atoms with Gasteiger partial charge in [0.15, 0.2) is 46.1 Å². The Balaban J connectivity index is 2.18. The number of hydrogen-bond acceptors (Lipinski definition) is 8. The molecule has 0 aliphatic heterocycles. The average Bonchev–Trinajstić information content (AvgIpc) is 2.90. The van der Waals surface area contributed by atoms with Crippen molar-refractivity contribution in [1.29, 1.82) is 0 Å². The van der Waals surface area contributed by atoms with E-state index in [9.17, 15) is 9.59 Å². The molecule has 8 heteroatoms. The fourth-order valence-corrected chi connectivity index (χ4v) is 3.52. The second-order valence-corrected chi connectivity index (χ2v) is 7.05. The molecule has 0 heterocycles. The molecule has 0 spiro atoms. The van der Waals surface area contributed by atoms with Gasteiger partial charge in [-0.05, 0) is 48.5 Å². The lowest BCUT2D eigenvalue weighted by Crippen LogP contribution is -2.13. The second kappa shape index (κ2) is 10.6. The van der Waals surface area contributed by atoms with Gasteiger partial charge in [-0.3, -0.25) is 9.59 Å². The summed E-state index contributed by atoms with van der Waals surface area (Å²) >= 11 is 0. The van der Waals surface area contributed by atoms with E-state index in [1.54, 1.807) is 36.4 Å². The molecular formula is C26H26O8.